The highest BCUT2D eigenvalue weighted by Gasteiger charge is 2.32. The Hall–Kier alpha value is -3.13. The predicted molar refractivity (Wildman–Crippen MR) is 122 cm³/mol. The molecule has 2 heterocycles. The number of nitrogens with one attached hydrogen (secondary N) is 2. The van der Waals surface area contributed by atoms with Crippen LogP contribution in [0.5, 0.6) is 5.75 Å². The van der Waals surface area contributed by atoms with E-state index < -0.39 is 0 Å². The average molecular weight is 441 g/mol. The van der Waals surface area contributed by atoms with Gasteiger partial charge < -0.3 is 15.0 Å². The maximum absolute atomic E-state index is 13.4. The van der Waals surface area contributed by atoms with Gasteiger partial charge in [0.25, 0.3) is 0 Å². The fourth-order valence-corrected chi connectivity index (χ4v) is 4.60. The van der Waals surface area contributed by atoms with Crippen LogP contribution in [0, 0.1) is 12.7 Å². The zero-order valence-electron chi connectivity index (χ0n) is 17.5. The van der Waals surface area contributed by atoms with Gasteiger partial charge in [0.2, 0.25) is 0 Å². The van der Waals surface area contributed by atoms with Gasteiger partial charge in [0.05, 0.1) is 12.8 Å². The summed E-state index contributed by atoms with van der Waals surface area (Å²) in [6, 6.07) is 16.1. The molecule has 2 atom stereocenters. The van der Waals surface area contributed by atoms with E-state index >= 15 is 0 Å². The maximum Gasteiger partial charge on any atom is 0.320 e. The fraction of sp³-hybridized carbons (Fsp3) is 0.304. The fourth-order valence-electron chi connectivity index (χ4n) is 3.94. The van der Waals surface area contributed by atoms with Crippen molar-refractivity contribution < 1.29 is 13.9 Å². The summed E-state index contributed by atoms with van der Waals surface area (Å²) in [6.45, 7) is 3.37. The normalized spacial score (nSPS) is 18.5. The van der Waals surface area contributed by atoms with Crippen molar-refractivity contribution in [3.8, 4) is 5.75 Å². The highest BCUT2D eigenvalue weighted by atomic mass is 32.1. The molecule has 1 aliphatic heterocycles. The SMILES string of the molecule is COc1ccc(C2CN(c3ccc(F)cc3)CCC2NC(=O)Nc2cc(C)ns2)cc1. The Morgan fingerprint density at radius 1 is 1.19 bits per heavy atom. The van der Waals surface area contributed by atoms with Gasteiger partial charge >= 0.3 is 6.03 Å². The second-order valence-corrected chi connectivity index (χ2v) is 8.43. The summed E-state index contributed by atoms with van der Waals surface area (Å²) < 4.78 is 22.9. The molecule has 2 amide bonds. The zero-order valence-corrected chi connectivity index (χ0v) is 18.3. The van der Waals surface area contributed by atoms with Crippen molar-refractivity contribution in [3.63, 3.8) is 0 Å². The molecule has 162 valence electrons. The molecule has 2 unspecified atom stereocenters. The van der Waals surface area contributed by atoms with E-state index in [1.165, 1.54) is 23.7 Å². The number of nitrogens with zero attached hydrogens (tertiary/aromatic N) is 2. The molecule has 4 rings (SSSR count). The highest BCUT2D eigenvalue weighted by Crippen LogP contribution is 2.31. The van der Waals surface area contributed by atoms with E-state index in [0.29, 0.717) is 6.54 Å². The first kappa shape index (κ1) is 21.1. The van der Waals surface area contributed by atoms with Gasteiger partial charge in [-0.05, 0) is 72.9 Å². The summed E-state index contributed by atoms with van der Waals surface area (Å²) >= 11 is 1.27. The molecule has 0 bridgehead atoms. The monoisotopic (exact) mass is 440 g/mol. The number of halogens is 1. The van der Waals surface area contributed by atoms with Gasteiger partial charge in [0.15, 0.2) is 0 Å². The second-order valence-electron chi connectivity index (χ2n) is 7.63. The minimum atomic E-state index is -0.248. The van der Waals surface area contributed by atoms with Gasteiger partial charge in [-0.15, -0.1) is 0 Å². The van der Waals surface area contributed by atoms with Crippen molar-refractivity contribution in [2.24, 2.45) is 0 Å². The number of ether oxygens (including phenoxy) is 1. The Labute approximate surface area is 185 Å². The number of rotatable bonds is 5. The molecular formula is C23H25FN4O2S. The maximum atomic E-state index is 13.4. The number of anilines is 2. The van der Waals surface area contributed by atoms with E-state index in [0.717, 1.165) is 40.7 Å². The molecule has 31 heavy (non-hydrogen) atoms. The van der Waals surface area contributed by atoms with Crippen LogP contribution >= 0.6 is 11.5 Å². The minimum absolute atomic E-state index is 0.0425. The van der Waals surface area contributed by atoms with Gasteiger partial charge in [-0.2, -0.15) is 4.37 Å². The summed E-state index contributed by atoms with van der Waals surface area (Å²) in [5.74, 6) is 0.610. The molecular weight excluding hydrogens is 415 g/mol. The van der Waals surface area contributed by atoms with Crippen LogP contribution in [0.4, 0.5) is 19.9 Å². The van der Waals surface area contributed by atoms with E-state index in [1.807, 2.05) is 37.3 Å². The van der Waals surface area contributed by atoms with Crippen molar-refractivity contribution in [1.29, 1.82) is 0 Å². The number of aryl methyl sites for hydroxylation is 1. The first-order valence-corrected chi connectivity index (χ1v) is 10.9. The Bertz CT molecular complexity index is 1020. The van der Waals surface area contributed by atoms with Crippen LogP contribution in [0.2, 0.25) is 0 Å². The molecule has 1 aromatic heterocycles. The summed E-state index contributed by atoms with van der Waals surface area (Å²) in [7, 11) is 1.64. The number of methoxy groups -OCH3 is 1. The van der Waals surface area contributed by atoms with Crippen LogP contribution in [0.3, 0.4) is 0 Å². The third-order valence-corrected chi connectivity index (χ3v) is 6.33. The molecule has 3 aromatic rings. The largest absolute Gasteiger partial charge is 0.497 e. The summed E-state index contributed by atoms with van der Waals surface area (Å²) in [6.07, 6.45) is 0.767. The lowest BCUT2D eigenvalue weighted by atomic mass is 9.85. The van der Waals surface area contributed by atoms with Crippen LogP contribution in [-0.4, -0.2) is 36.6 Å². The van der Waals surface area contributed by atoms with Crippen LogP contribution in [0.15, 0.2) is 54.6 Å². The first-order chi connectivity index (χ1) is 15.0. The van der Waals surface area contributed by atoms with Crippen molar-refractivity contribution >= 4 is 28.3 Å². The molecule has 6 nitrogen and oxygen atoms in total. The molecule has 2 aromatic carbocycles. The Kier molecular flexibility index (Phi) is 6.36. The van der Waals surface area contributed by atoms with E-state index in [1.54, 1.807) is 19.2 Å². The molecule has 0 radical (unpaired) electrons. The third-order valence-electron chi connectivity index (χ3n) is 5.53. The van der Waals surface area contributed by atoms with Gasteiger partial charge in [-0.3, -0.25) is 5.32 Å². The van der Waals surface area contributed by atoms with E-state index in [2.05, 4.69) is 19.9 Å². The number of aromatic nitrogens is 1. The molecule has 0 spiro atoms. The number of urea groups is 1. The zero-order chi connectivity index (χ0) is 21.8. The number of amides is 2. The molecule has 2 N–H and O–H groups in total. The van der Waals surface area contributed by atoms with Crippen molar-refractivity contribution in [2.75, 3.05) is 30.4 Å². The third kappa shape index (κ3) is 5.14. The number of piperidine rings is 1. The van der Waals surface area contributed by atoms with Crippen LogP contribution in [-0.2, 0) is 0 Å². The molecule has 1 saturated heterocycles. The van der Waals surface area contributed by atoms with Gasteiger partial charge in [-0.25, -0.2) is 9.18 Å². The molecule has 1 fully saturated rings. The Morgan fingerprint density at radius 2 is 1.94 bits per heavy atom. The highest BCUT2D eigenvalue weighted by molar-refractivity contribution is 7.10. The molecule has 1 aliphatic rings. The van der Waals surface area contributed by atoms with Gasteiger partial charge in [-0.1, -0.05) is 12.1 Å². The quantitative estimate of drug-likeness (QED) is 0.599. The summed E-state index contributed by atoms with van der Waals surface area (Å²) in [5.41, 5.74) is 2.97. The van der Waals surface area contributed by atoms with E-state index in [9.17, 15) is 9.18 Å². The number of hydrogen-bond donors (Lipinski definition) is 2. The lowest BCUT2D eigenvalue weighted by molar-refractivity contribution is 0.243. The van der Waals surface area contributed by atoms with Crippen molar-refractivity contribution in [2.45, 2.75) is 25.3 Å². The van der Waals surface area contributed by atoms with Crippen LogP contribution in [0.1, 0.15) is 23.6 Å². The lowest BCUT2D eigenvalue weighted by Crippen LogP contribution is -2.50. The van der Waals surface area contributed by atoms with Gasteiger partial charge in [0.1, 0.15) is 16.6 Å². The van der Waals surface area contributed by atoms with Crippen molar-refractivity contribution in [3.05, 3.63) is 71.7 Å². The van der Waals surface area contributed by atoms with Crippen LogP contribution < -0.4 is 20.3 Å². The van der Waals surface area contributed by atoms with E-state index in [4.69, 9.17) is 4.74 Å². The number of carbonyl (C=O) groups is 1. The van der Waals surface area contributed by atoms with Gasteiger partial charge in [0, 0.05) is 30.7 Å². The standard InChI is InChI=1S/C23H25FN4O2S/c1-15-13-22(31-27-15)26-23(29)25-21-11-12-28(18-7-5-17(24)6-8-18)14-20(21)16-3-9-19(30-2)10-4-16/h3-10,13,20-21H,11-12,14H2,1-2H3,(H2,25,26,29). The first-order valence-electron chi connectivity index (χ1n) is 10.2. The molecule has 8 heteroatoms. The number of hydrogen-bond acceptors (Lipinski definition) is 5. The van der Waals surface area contributed by atoms with Crippen molar-refractivity contribution in [1.82, 2.24) is 9.69 Å². The lowest BCUT2D eigenvalue weighted by Gasteiger charge is -2.40. The average Bonchev–Trinajstić information content (AvgIpc) is 3.19. The Balaban J connectivity index is 1.52. The minimum Gasteiger partial charge on any atom is -0.497 e. The molecule has 0 saturated carbocycles. The summed E-state index contributed by atoms with van der Waals surface area (Å²) in [4.78, 5) is 14.9. The summed E-state index contributed by atoms with van der Waals surface area (Å²) in [5, 5.41) is 6.75. The topological polar surface area (TPSA) is 66.5 Å². The Morgan fingerprint density at radius 3 is 2.58 bits per heavy atom. The molecule has 0 aliphatic carbocycles. The number of benzene rings is 2. The van der Waals surface area contributed by atoms with Crippen LogP contribution in [0.25, 0.3) is 0 Å². The van der Waals surface area contributed by atoms with E-state index in [-0.39, 0.29) is 23.8 Å². The smallest absolute Gasteiger partial charge is 0.320 e. The predicted octanol–water partition coefficient (Wildman–Crippen LogP) is 4.78. The number of carbonyl (C=O) groups excluding carboxylic acids is 1. The second kappa shape index (κ2) is 9.34.